The van der Waals surface area contributed by atoms with E-state index in [2.05, 4.69) is 5.32 Å². The molecular weight excluding hydrogens is 437 g/mol. The minimum atomic E-state index is -0.806. The van der Waals surface area contributed by atoms with Gasteiger partial charge in [0.05, 0.1) is 22.2 Å². The Balaban J connectivity index is 1.53. The lowest BCUT2D eigenvalue weighted by Crippen LogP contribution is -2.30. The molecule has 158 valence electrons. The van der Waals surface area contributed by atoms with Gasteiger partial charge in [-0.1, -0.05) is 29.3 Å². The zero-order valence-electron chi connectivity index (χ0n) is 15.7. The summed E-state index contributed by atoms with van der Waals surface area (Å²) in [4.78, 5) is 25.6. The maximum Gasteiger partial charge on any atom is 0.289 e. The van der Waals surface area contributed by atoms with Crippen LogP contribution in [0.1, 0.15) is 17.5 Å². The van der Waals surface area contributed by atoms with Gasteiger partial charge < -0.3 is 15.3 Å². The van der Waals surface area contributed by atoms with Gasteiger partial charge in [-0.3, -0.25) is 9.59 Å². The number of benzene rings is 2. The van der Waals surface area contributed by atoms with Gasteiger partial charge in [0.25, 0.3) is 11.8 Å². The number of nitrogens with one attached hydrogen (secondary N) is 1. The summed E-state index contributed by atoms with van der Waals surface area (Å²) in [5.41, 5.74) is 0.811. The van der Waals surface area contributed by atoms with E-state index in [1.54, 1.807) is 12.1 Å². The van der Waals surface area contributed by atoms with Crippen molar-refractivity contribution in [3.63, 3.8) is 0 Å². The summed E-state index contributed by atoms with van der Waals surface area (Å²) in [7, 11) is 0. The fourth-order valence-corrected chi connectivity index (χ4v) is 3.41. The van der Waals surface area contributed by atoms with Crippen molar-refractivity contribution in [3.05, 3.63) is 80.5 Å². The van der Waals surface area contributed by atoms with Gasteiger partial charge in [-0.2, -0.15) is 0 Å². The molecule has 5 nitrogen and oxygen atoms in total. The average molecular weight is 455 g/mol. The van der Waals surface area contributed by atoms with Gasteiger partial charge in [-0.15, -0.1) is 0 Å². The van der Waals surface area contributed by atoms with E-state index in [-0.39, 0.29) is 24.2 Å². The van der Waals surface area contributed by atoms with E-state index < -0.39 is 29.2 Å². The van der Waals surface area contributed by atoms with Gasteiger partial charge in [-0.05, 0) is 48.7 Å². The Morgan fingerprint density at radius 2 is 1.90 bits per heavy atom. The fraction of sp³-hybridized carbons (Fsp3) is 0.238. The van der Waals surface area contributed by atoms with Gasteiger partial charge in [0, 0.05) is 18.7 Å². The van der Waals surface area contributed by atoms with Crippen LogP contribution < -0.4 is 5.32 Å². The normalized spacial score (nSPS) is 13.9. The number of nitrogens with zero attached hydrogens (tertiary/aromatic N) is 1. The summed E-state index contributed by atoms with van der Waals surface area (Å²) in [6.45, 7) is -0.150. The van der Waals surface area contributed by atoms with Crippen LogP contribution in [0.5, 0.6) is 0 Å². The molecule has 0 saturated heterocycles. The molecule has 0 aromatic heterocycles. The van der Waals surface area contributed by atoms with E-state index in [4.69, 9.17) is 23.2 Å². The van der Waals surface area contributed by atoms with Crippen molar-refractivity contribution in [2.45, 2.75) is 19.4 Å². The van der Waals surface area contributed by atoms with E-state index in [1.807, 2.05) is 6.07 Å². The van der Waals surface area contributed by atoms with Crippen molar-refractivity contribution in [2.75, 3.05) is 13.1 Å². The molecule has 30 heavy (non-hydrogen) atoms. The highest BCUT2D eigenvalue weighted by atomic mass is 35.5. The van der Waals surface area contributed by atoms with Gasteiger partial charge in [0.2, 0.25) is 0 Å². The molecule has 0 spiro atoms. The lowest BCUT2D eigenvalue weighted by Gasteiger charge is -2.16. The lowest BCUT2D eigenvalue weighted by molar-refractivity contribution is -0.128. The number of aryl methyl sites for hydroxylation is 1. The number of hydrogen-bond donors (Lipinski definition) is 2. The summed E-state index contributed by atoms with van der Waals surface area (Å²) in [5, 5.41) is 13.6. The third kappa shape index (κ3) is 5.09. The Hall–Kier alpha value is -2.64. The summed E-state index contributed by atoms with van der Waals surface area (Å²) < 4.78 is 27.1. The van der Waals surface area contributed by atoms with Crippen LogP contribution >= 0.6 is 23.2 Å². The molecule has 0 atom stereocenters. The van der Waals surface area contributed by atoms with Gasteiger partial charge in [0.15, 0.2) is 5.76 Å². The molecule has 3 rings (SSSR count). The van der Waals surface area contributed by atoms with E-state index in [1.165, 1.54) is 0 Å². The summed E-state index contributed by atoms with van der Waals surface area (Å²) in [6, 6.07) is 8.18. The van der Waals surface area contributed by atoms with Crippen LogP contribution in [-0.4, -0.2) is 34.9 Å². The Labute approximate surface area is 181 Å². The number of rotatable bonds is 7. The zero-order chi connectivity index (χ0) is 21.8. The van der Waals surface area contributed by atoms with E-state index in [0.29, 0.717) is 29.4 Å². The van der Waals surface area contributed by atoms with Crippen LogP contribution in [-0.2, 0) is 22.6 Å². The minimum absolute atomic E-state index is 0.0422. The first kappa shape index (κ1) is 22.1. The molecule has 0 radical (unpaired) electrons. The molecule has 0 aliphatic carbocycles. The average Bonchev–Trinajstić information content (AvgIpc) is 2.99. The lowest BCUT2D eigenvalue weighted by atomic mass is 10.1. The second-order valence-electron chi connectivity index (χ2n) is 6.83. The second kappa shape index (κ2) is 9.45. The van der Waals surface area contributed by atoms with Crippen molar-refractivity contribution in [3.8, 4) is 0 Å². The van der Waals surface area contributed by atoms with Gasteiger partial charge in [0.1, 0.15) is 11.6 Å². The Morgan fingerprint density at radius 3 is 2.63 bits per heavy atom. The predicted octanol–water partition coefficient (Wildman–Crippen LogP) is 4.17. The quantitative estimate of drug-likeness (QED) is 0.616. The molecule has 2 N–H and O–H groups in total. The molecule has 0 saturated carbocycles. The first-order valence-electron chi connectivity index (χ1n) is 9.13. The standard InChI is InChI=1S/C21H18Cl2F2N2O3/c22-16-5-3-12(8-17(16)23)2-1-7-26-20(29)15-11-27(21(30)19(15)28)10-13-9-14(24)4-6-18(13)25/h3-6,8-9,28H,1-2,7,10-11H2,(H,26,29). The molecule has 0 unspecified atom stereocenters. The van der Waals surface area contributed by atoms with Crippen LogP contribution in [0.3, 0.4) is 0 Å². The Morgan fingerprint density at radius 1 is 1.13 bits per heavy atom. The smallest absolute Gasteiger partial charge is 0.289 e. The SMILES string of the molecule is O=C(NCCCc1ccc(Cl)c(Cl)c1)C1=C(O)C(=O)N(Cc2cc(F)ccc2F)C1. The zero-order valence-corrected chi connectivity index (χ0v) is 17.2. The molecule has 0 fully saturated rings. The van der Waals surface area contributed by atoms with Gasteiger partial charge in [-0.25, -0.2) is 8.78 Å². The Bertz CT molecular complexity index is 1030. The highest BCUT2D eigenvalue weighted by molar-refractivity contribution is 6.42. The van der Waals surface area contributed by atoms with Crippen LogP contribution in [0, 0.1) is 11.6 Å². The third-order valence-electron chi connectivity index (χ3n) is 4.68. The summed E-state index contributed by atoms with van der Waals surface area (Å²) in [5.74, 6) is -3.40. The first-order valence-corrected chi connectivity index (χ1v) is 9.89. The molecule has 1 aliphatic heterocycles. The number of amides is 2. The highest BCUT2D eigenvalue weighted by Gasteiger charge is 2.34. The van der Waals surface area contributed by atoms with E-state index in [9.17, 15) is 23.5 Å². The van der Waals surface area contributed by atoms with Crippen molar-refractivity contribution in [1.82, 2.24) is 10.2 Å². The largest absolute Gasteiger partial charge is 0.503 e. The van der Waals surface area contributed by atoms with Crippen molar-refractivity contribution in [2.24, 2.45) is 0 Å². The van der Waals surface area contributed by atoms with E-state index in [0.717, 1.165) is 28.7 Å². The molecule has 1 heterocycles. The van der Waals surface area contributed by atoms with Crippen LogP contribution in [0.15, 0.2) is 47.7 Å². The third-order valence-corrected chi connectivity index (χ3v) is 5.42. The molecule has 0 bridgehead atoms. The molecule has 2 amide bonds. The van der Waals surface area contributed by atoms with Crippen LogP contribution in [0.25, 0.3) is 0 Å². The number of aliphatic hydroxyl groups excluding tert-OH is 1. The number of carbonyl (C=O) groups excluding carboxylic acids is 2. The number of hydrogen-bond acceptors (Lipinski definition) is 3. The van der Waals surface area contributed by atoms with Crippen LogP contribution in [0.4, 0.5) is 8.78 Å². The minimum Gasteiger partial charge on any atom is -0.503 e. The van der Waals surface area contributed by atoms with Gasteiger partial charge >= 0.3 is 0 Å². The monoisotopic (exact) mass is 454 g/mol. The maximum absolute atomic E-state index is 13.8. The fourth-order valence-electron chi connectivity index (χ4n) is 3.09. The predicted molar refractivity (Wildman–Crippen MR) is 109 cm³/mol. The van der Waals surface area contributed by atoms with Crippen molar-refractivity contribution < 1.29 is 23.5 Å². The number of halogens is 4. The molecule has 1 aliphatic rings. The summed E-state index contributed by atoms with van der Waals surface area (Å²) >= 11 is 11.8. The maximum atomic E-state index is 13.8. The number of carbonyl (C=O) groups is 2. The first-order chi connectivity index (χ1) is 14.3. The molecule has 2 aromatic carbocycles. The number of aliphatic hydroxyl groups is 1. The topological polar surface area (TPSA) is 69.6 Å². The molecule has 9 heteroatoms. The van der Waals surface area contributed by atoms with Crippen molar-refractivity contribution >= 4 is 35.0 Å². The highest BCUT2D eigenvalue weighted by Crippen LogP contribution is 2.23. The van der Waals surface area contributed by atoms with Crippen LogP contribution in [0.2, 0.25) is 10.0 Å². The summed E-state index contributed by atoms with van der Waals surface area (Å²) in [6.07, 6.45) is 1.25. The molecule has 2 aromatic rings. The van der Waals surface area contributed by atoms with E-state index >= 15 is 0 Å². The Kier molecular flexibility index (Phi) is 6.95. The van der Waals surface area contributed by atoms with Crippen molar-refractivity contribution in [1.29, 1.82) is 0 Å². The second-order valence-corrected chi connectivity index (χ2v) is 7.65. The molecular formula is C21H18Cl2F2N2O3.